The van der Waals surface area contributed by atoms with Crippen molar-refractivity contribution in [2.75, 3.05) is 32.2 Å². The Balaban J connectivity index is 1.48. The Labute approximate surface area is 185 Å². The van der Waals surface area contributed by atoms with Crippen LogP contribution in [0.3, 0.4) is 0 Å². The zero-order chi connectivity index (χ0) is 21.5. The first kappa shape index (κ1) is 21.5. The van der Waals surface area contributed by atoms with Crippen molar-refractivity contribution in [3.63, 3.8) is 0 Å². The second kappa shape index (κ2) is 10.1. The van der Waals surface area contributed by atoms with E-state index in [1.54, 1.807) is 13.3 Å². The van der Waals surface area contributed by atoms with Crippen molar-refractivity contribution in [1.29, 1.82) is 0 Å². The minimum atomic E-state index is -0.521. The lowest BCUT2D eigenvalue weighted by Crippen LogP contribution is -2.42. The molecular weight excluding hydrogens is 412 g/mol. The second-order valence-electron chi connectivity index (χ2n) is 7.71. The molecule has 1 aromatic carbocycles. The van der Waals surface area contributed by atoms with E-state index in [0.717, 1.165) is 21.7 Å². The molecule has 0 aliphatic carbocycles. The predicted octanol–water partition coefficient (Wildman–Crippen LogP) is 3.77. The van der Waals surface area contributed by atoms with Gasteiger partial charge in [-0.15, -0.1) is 10.2 Å². The molecule has 0 bridgehead atoms. The average molecular weight is 439 g/mol. The number of ether oxygens (including phenoxy) is 2. The monoisotopic (exact) mass is 438 g/mol. The maximum absolute atomic E-state index is 13.3. The molecule has 162 valence electrons. The zero-order valence-corrected chi connectivity index (χ0v) is 18.4. The van der Waals surface area contributed by atoms with E-state index in [0.29, 0.717) is 50.6 Å². The van der Waals surface area contributed by atoms with Gasteiger partial charge in [0.15, 0.2) is 0 Å². The predicted molar refractivity (Wildman–Crippen MR) is 120 cm³/mol. The summed E-state index contributed by atoms with van der Waals surface area (Å²) in [5.74, 6) is -0.0124. The molecule has 1 aliphatic rings. The highest BCUT2D eigenvalue weighted by Crippen LogP contribution is 2.36. The first-order valence-corrected chi connectivity index (χ1v) is 11.2. The van der Waals surface area contributed by atoms with Crippen molar-refractivity contribution in [3.05, 3.63) is 59.4 Å². The number of carbonyl (C=O) groups is 1. The molecule has 1 N–H and O–H groups in total. The van der Waals surface area contributed by atoms with Gasteiger partial charge in [-0.2, -0.15) is 0 Å². The van der Waals surface area contributed by atoms with Crippen molar-refractivity contribution in [3.8, 4) is 11.1 Å². The number of rotatable bonds is 8. The molecule has 0 spiro atoms. The highest BCUT2D eigenvalue weighted by molar-refractivity contribution is 7.15. The first-order valence-electron chi connectivity index (χ1n) is 10.4. The molecule has 1 aliphatic heterocycles. The third-order valence-electron chi connectivity index (χ3n) is 5.63. The van der Waals surface area contributed by atoms with Crippen LogP contribution in [0.5, 0.6) is 0 Å². The van der Waals surface area contributed by atoms with Crippen LogP contribution in [0.1, 0.15) is 23.4 Å². The fourth-order valence-corrected chi connectivity index (χ4v) is 4.53. The highest BCUT2D eigenvalue weighted by Gasteiger charge is 2.40. The van der Waals surface area contributed by atoms with E-state index in [1.807, 2.05) is 18.3 Å². The number of anilines is 1. The van der Waals surface area contributed by atoms with E-state index in [-0.39, 0.29) is 5.91 Å². The third kappa shape index (κ3) is 5.33. The van der Waals surface area contributed by atoms with Crippen molar-refractivity contribution >= 4 is 22.4 Å². The fourth-order valence-electron chi connectivity index (χ4n) is 3.81. The Hall–Kier alpha value is -2.68. The Bertz CT molecular complexity index is 986. The van der Waals surface area contributed by atoms with Gasteiger partial charge in [0.2, 0.25) is 11.0 Å². The van der Waals surface area contributed by atoms with Crippen LogP contribution in [0.2, 0.25) is 0 Å². The minimum Gasteiger partial charge on any atom is -0.384 e. The van der Waals surface area contributed by atoms with E-state index < -0.39 is 5.41 Å². The van der Waals surface area contributed by atoms with Gasteiger partial charge in [0.25, 0.3) is 0 Å². The molecular formula is C23H26N4O3S. The van der Waals surface area contributed by atoms with Crippen LogP contribution in [0, 0.1) is 5.41 Å². The third-order valence-corrected chi connectivity index (χ3v) is 6.53. The number of nitrogens with one attached hydrogen (secondary N) is 1. The van der Waals surface area contributed by atoms with Crippen molar-refractivity contribution in [2.24, 2.45) is 5.41 Å². The molecule has 0 unspecified atom stereocenters. The molecule has 0 saturated carbocycles. The zero-order valence-electron chi connectivity index (χ0n) is 17.5. The van der Waals surface area contributed by atoms with E-state index in [2.05, 4.69) is 44.8 Å². The lowest BCUT2D eigenvalue weighted by Gasteiger charge is -2.35. The van der Waals surface area contributed by atoms with Gasteiger partial charge in [-0.3, -0.25) is 9.78 Å². The molecule has 4 rings (SSSR count). The molecule has 1 amide bonds. The Morgan fingerprint density at radius 2 is 1.97 bits per heavy atom. The highest BCUT2D eigenvalue weighted by atomic mass is 32.1. The maximum atomic E-state index is 13.3. The fraction of sp³-hybridized carbons (Fsp3) is 0.391. The normalized spacial score (nSPS) is 15.5. The van der Waals surface area contributed by atoms with Gasteiger partial charge in [0, 0.05) is 39.1 Å². The summed E-state index contributed by atoms with van der Waals surface area (Å²) in [6.07, 6.45) is 6.32. The lowest BCUT2D eigenvalue weighted by atomic mass is 9.74. The van der Waals surface area contributed by atoms with Crippen LogP contribution >= 0.6 is 11.3 Å². The summed E-state index contributed by atoms with van der Waals surface area (Å²) < 4.78 is 10.6. The number of benzene rings is 1. The molecule has 3 aromatic rings. The second-order valence-corrected chi connectivity index (χ2v) is 8.77. The molecule has 1 fully saturated rings. The summed E-state index contributed by atoms with van der Waals surface area (Å²) in [7, 11) is 1.65. The van der Waals surface area contributed by atoms with Gasteiger partial charge < -0.3 is 14.8 Å². The molecule has 8 heteroatoms. The number of amides is 1. The molecule has 3 heterocycles. The summed E-state index contributed by atoms with van der Waals surface area (Å²) in [4.78, 5) is 17.5. The summed E-state index contributed by atoms with van der Waals surface area (Å²) in [5, 5.41) is 12.7. The average Bonchev–Trinajstić information content (AvgIpc) is 3.26. The number of hydrogen-bond donors (Lipinski definition) is 1. The number of hydrogen-bond acceptors (Lipinski definition) is 7. The SMILES string of the molecule is COCCc1nnc(NC(=O)C2(Cc3ccc(-c4cccnc4)cc3)CCOCC2)s1. The van der Waals surface area contributed by atoms with E-state index >= 15 is 0 Å². The van der Waals surface area contributed by atoms with Gasteiger partial charge in [-0.25, -0.2) is 0 Å². The van der Waals surface area contributed by atoms with Gasteiger partial charge in [-0.1, -0.05) is 41.7 Å². The van der Waals surface area contributed by atoms with Gasteiger partial charge >= 0.3 is 0 Å². The molecule has 7 nitrogen and oxygen atoms in total. The molecule has 0 atom stereocenters. The van der Waals surface area contributed by atoms with Crippen molar-refractivity contribution < 1.29 is 14.3 Å². The standard InChI is InChI=1S/C23H26N4O3S/c1-29-12-8-20-26-27-22(31-20)25-21(28)23(9-13-30-14-10-23)15-17-4-6-18(7-5-17)19-3-2-11-24-16-19/h2-7,11,16H,8-10,12-15H2,1H3,(H,25,27,28). The van der Waals surface area contributed by atoms with Crippen LogP contribution in [-0.4, -0.2) is 48.0 Å². The molecule has 2 aromatic heterocycles. The smallest absolute Gasteiger partial charge is 0.232 e. The minimum absolute atomic E-state index is 0.0124. The van der Waals surface area contributed by atoms with Gasteiger partial charge in [0.05, 0.1) is 12.0 Å². The number of aromatic nitrogens is 3. The quantitative estimate of drug-likeness (QED) is 0.576. The summed E-state index contributed by atoms with van der Waals surface area (Å²) >= 11 is 1.40. The molecule has 0 radical (unpaired) electrons. The topological polar surface area (TPSA) is 86.2 Å². The van der Waals surface area contributed by atoms with Crippen molar-refractivity contribution in [1.82, 2.24) is 15.2 Å². The Kier molecular flexibility index (Phi) is 7.01. The van der Waals surface area contributed by atoms with Crippen LogP contribution in [0.15, 0.2) is 48.8 Å². The molecule has 1 saturated heterocycles. The summed E-state index contributed by atoms with van der Waals surface area (Å²) in [5.41, 5.74) is 2.79. The Morgan fingerprint density at radius 3 is 2.68 bits per heavy atom. The number of pyridine rings is 1. The van der Waals surface area contributed by atoms with Crippen LogP contribution in [0.25, 0.3) is 11.1 Å². The van der Waals surface area contributed by atoms with Crippen LogP contribution in [0.4, 0.5) is 5.13 Å². The van der Waals surface area contributed by atoms with Crippen LogP contribution in [-0.2, 0) is 27.1 Å². The number of nitrogens with zero attached hydrogens (tertiary/aromatic N) is 3. The van der Waals surface area contributed by atoms with E-state index in [4.69, 9.17) is 9.47 Å². The first-order chi connectivity index (χ1) is 15.2. The van der Waals surface area contributed by atoms with E-state index in [1.165, 1.54) is 11.3 Å². The Morgan fingerprint density at radius 1 is 1.16 bits per heavy atom. The molecule has 31 heavy (non-hydrogen) atoms. The number of carbonyl (C=O) groups excluding carboxylic acids is 1. The number of methoxy groups -OCH3 is 1. The summed E-state index contributed by atoms with van der Waals surface area (Å²) in [6, 6.07) is 12.3. The van der Waals surface area contributed by atoms with Crippen molar-refractivity contribution in [2.45, 2.75) is 25.7 Å². The van der Waals surface area contributed by atoms with E-state index in [9.17, 15) is 4.79 Å². The summed E-state index contributed by atoms with van der Waals surface area (Å²) in [6.45, 7) is 1.74. The van der Waals surface area contributed by atoms with Crippen LogP contribution < -0.4 is 5.32 Å². The van der Waals surface area contributed by atoms with Gasteiger partial charge in [0.1, 0.15) is 5.01 Å². The largest absolute Gasteiger partial charge is 0.384 e. The lowest BCUT2D eigenvalue weighted by molar-refractivity contribution is -0.131. The van der Waals surface area contributed by atoms with Gasteiger partial charge in [-0.05, 0) is 42.0 Å². The maximum Gasteiger partial charge on any atom is 0.232 e.